The number of amides is 2. The average Bonchev–Trinajstić information content (AvgIpc) is 2.65. The second kappa shape index (κ2) is 9.59. The number of carbonyl (C=O) groups is 1. The van der Waals surface area contributed by atoms with Crippen LogP contribution in [-0.2, 0) is 22.8 Å². The van der Waals surface area contributed by atoms with Gasteiger partial charge in [0.05, 0.1) is 12.1 Å². The Morgan fingerprint density at radius 3 is 2.29 bits per heavy atom. The van der Waals surface area contributed by atoms with E-state index >= 15 is 0 Å². The van der Waals surface area contributed by atoms with Gasteiger partial charge in [-0.2, -0.15) is 21.6 Å². The molecule has 0 saturated heterocycles. The first-order chi connectivity index (χ1) is 14.3. The molecule has 0 bridgehead atoms. The molecule has 0 unspecified atom stereocenters. The topological polar surface area (TPSA) is 75.7 Å². The molecule has 0 aliphatic rings. The summed E-state index contributed by atoms with van der Waals surface area (Å²) in [6.45, 7) is 7.29. The third-order valence-electron chi connectivity index (χ3n) is 4.26. The van der Waals surface area contributed by atoms with Crippen LogP contribution in [-0.4, -0.2) is 31.4 Å². The van der Waals surface area contributed by atoms with Crippen molar-refractivity contribution in [3.05, 3.63) is 59.7 Å². The van der Waals surface area contributed by atoms with Crippen molar-refractivity contribution in [2.45, 2.75) is 57.4 Å². The van der Waals surface area contributed by atoms with Gasteiger partial charge in [0.2, 0.25) is 0 Å². The number of para-hydroxylation sites is 1. The molecule has 10 heteroatoms. The Morgan fingerprint density at radius 1 is 1.06 bits per heavy atom. The smallest absolute Gasteiger partial charge is 0.379 e. The van der Waals surface area contributed by atoms with Gasteiger partial charge in [0.15, 0.2) is 0 Å². The summed E-state index contributed by atoms with van der Waals surface area (Å²) >= 11 is 0. The van der Waals surface area contributed by atoms with E-state index in [9.17, 15) is 26.4 Å². The normalized spacial score (nSPS) is 12.2. The molecular weight excluding hydrogens is 433 g/mol. The highest BCUT2D eigenvalue weighted by atomic mass is 32.2. The number of hydrogen-bond acceptors (Lipinski definition) is 4. The van der Waals surface area contributed by atoms with Crippen LogP contribution >= 0.6 is 0 Å². The van der Waals surface area contributed by atoms with E-state index in [1.165, 1.54) is 17.0 Å². The largest absolute Gasteiger partial charge is 0.416 e. The summed E-state index contributed by atoms with van der Waals surface area (Å²) in [5, 5.41) is 2.78. The Morgan fingerprint density at radius 2 is 1.71 bits per heavy atom. The minimum Gasteiger partial charge on any atom is -0.379 e. The van der Waals surface area contributed by atoms with E-state index in [4.69, 9.17) is 4.18 Å². The van der Waals surface area contributed by atoms with Crippen LogP contribution < -0.4 is 9.50 Å². The van der Waals surface area contributed by atoms with E-state index in [1.807, 2.05) is 27.7 Å². The molecule has 31 heavy (non-hydrogen) atoms. The number of rotatable bonds is 7. The third kappa shape index (κ3) is 6.61. The molecule has 2 aromatic carbocycles. The molecule has 0 heterocycles. The molecule has 0 radical (unpaired) electrons. The SMILES string of the molecule is CC(C)NC(=O)N(Cc1ccccc1OS(=O)(=O)c1cccc(C(F)(F)F)c1)C(C)C. The van der Waals surface area contributed by atoms with Crippen LogP contribution in [0.15, 0.2) is 53.4 Å². The highest BCUT2D eigenvalue weighted by Gasteiger charge is 2.32. The maximum atomic E-state index is 13.0. The molecule has 0 atom stereocenters. The first-order valence-electron chi connectivity index (χ1n) is 9.58. The van der Waals surface area contributed by atoms with Crippen LogP contribution in [0.2, 0.25) is 0 Å². The zero-order valence-electron chi connectivity index (χ0n) is 17.6. The molecule has 0 aliphatic carbocycles. The molecule has 0 aliphatic heterocycles. The Balaban J connectivity index is 2.34. The summed E-state index contributed by atoms with van der Waals surface area (Å²) in [6.07, 6.45) is -4.69. The second-order valence-corrected chi connectivity index (χ2v) is 9.04. The third-order valence-corrected chi connectivity index (χ3v) is 5.49. The van der Waals surface area contributed by atoms with Gasteiger partial charge in [-0.15, -0.1) is 0 Å². The van der Waals surface area contributed by atoms with Gasteiger partial charge in [-0.25, -0.2) is 4.79 Å². The van der Waals surface area contributed by atoms with Crippen LogP contribution in [0.1, 0.15) is 38.8 Å². The number of halogens is 3. The van der Waals surface area contributed by atoms with Crippen molar-refractivity contribution in [1.82, 2.24) is 10.2 Å². The van der Waals surface area contributed by atoms with Crippen molar-refractivity contribution in [1.29, 1.82) is 0 Å². The van der Waals surface area contributed by atoms with Gasteiger partial charge in [-0.3, -0.25) is 0 Å². The first kappa shape index (κ1) is 24.5. The van der Waals surface area contributed by atoms with Gasteiger partial charge >= 0.3 is 22.3 Å². The standard InChI is InChI=1S/C21H25F3N2O4S/c1-14(2)25-20(27)26(15(3)4)13-16-8-5-6-11-19(16)30-31(28,29)18-10-7-9-17(12-18)21(22,23)24/h5-12,14-15H,13H2,1-4H3,(H,25,27). The summed E-state index contributed by atoms with van der Waals surface area (Å²) < 4.78 is 69.3. The minimum absolute atomic E-state index is 0.0461. The Hall–Kier alpha value is -2.75. The first-order valence-corrected chi connectivity index (χ1v) is 11.0. The molecule has 2 amide bonds. The van der Waals surface area contributed by atoms with Crippen molar-refractivity contribution in [2.24, 2.45) is 0 Å². The Labute approximate surface area is 180 Å². The van der Waals surface area contributed by atoms with Gasteiger partial charge < -0.3 is 14.4 Å². The minimum atomic E-state index is -4.69. The number of nitrogens with zero attached hydrogens (tertiary/aromatic N) is 1. The van der Waals surface area contributed by atoms with Crippen LogP contribution in [0.5, 0.6) is 5.75 Å². The predicted octanol–water partition coefficient (Wildman–Crippen LogP) is 4.80. The van der Waals surface area contributed by atoms with Crippen molar-refractivity contribution in [3.8, 4) is 5.75 Å². The second-order valence-electron chi connectivity index (χ2n) is 7.50. The average molecular weight is 459 g/mol. The summed E-state index contributed by atoms with van der Waals surface area (Å²) in [5.74, 6) is -0.0668. The zero-order valence-corrected chi connectivity index (χ0v) is 18.4. The fourth-order valence-electron chi connectivity index (χ4n) is 2.71. The van der Waals surface area contributed by atoms with E-state index < -0.39 is 26.8 Å². The highest BCUT2D eigenvalue weighted by Crippen LogP contribution is 2.31. The fourth-order valence-corrected chi connectivity index (χ4v) is 3.72. The van der Waals surface area contributed by atoms with E-state index in [1.54, 1.807) is 12.1 Å². The molecule has 6 nitrogen and oxygen atoms in total. The molecule has 170 valence electrons. The van der Waals surface area contributed by atoms with Crippen molar-refractivity contribution in [2.75, 3.05) is 0 Å². The van der Waals surface area contributed by atoms with Crippen LogP contribution in [0, 0.1) is 0 Å². The lowest BCUT2D eigenvalue weighted by Gasteiger charge is -2.28. The number of hydrogen-bond donors (Lipinski definition) is 1. The van der Waals surface area contributed by atoms with Crippen molar-refractivity contribution < 1.29 is 30.6 Å². The van der Waals surface area contributed by atoms with Crippen molar-refractivity contribution in [3.63, 3.8) is 0 Å². The maximum Gasteiger partial charge on any atom is 0.416 e. The van der Waals surface area contributed by atoms with Gasteiger partial charge in [0, 0.05) is 17.6 Å². The van der Waals surface area contributed by atoms with Crippen LogP contribution in [0.4, 0.5) is 18.0 Å². The van der Waals surface area contributed by atoms with Gasteiger partial charge in [-0.1, -0.05) is 24.3 Å². The lowest BCUT2D eigenvalue weighted by molar-refractivity contribution is -0.137. The molecule has 0 saturated carbocycles. The molecule has 2 aromatic rings. The van der Waals surface area contributed by atoms with Gasteiger partial charge in [-0.05, 0) is 52.0 Å². The Bertz CT molecular complexity index is 1020. The Kier molecular flexibility index (Phi) is 7.58. The van der Waals surface area contributed by atoms with E-state index in [0.29, 0.717) is 11.6 Å². The monoisotopic (exact) mass is 458 g/mol. The van der Waals surface area contributed by atoms with Crippen molar-refractivity contribution >= 4 is 16.1 Å². The molecule has 1 N–H and O–H groups in total. The quantitative estimate of drug-likeness (QED) is 0.605. The highest BCUT2D eigenvalue weighted by molar-refractivity contribution is 7.87. The molecule has 0 fully saturated rings. The number of benzene rings is 2. The summed E-state index contributed by atoms with van der Waals surface area (Å²) in [6, 6.07) is 8.87. The van der Waals surface area contributed by atoms with Crippen LogP contribution in [0.25, 0.3) is 0 Å². The number of alkyl halides is 3. The van der Waals surface area contributed by atoms with Gasteiger partial charge in [0.1, 0.15) is 10.6 Å². The van der Waals surface area contributed by atoms with E-state index in [-0.39, 0.29) is 30.4 Å². The zero-order chi connectivity index (χ0) is 23.4. The van der Waals surface area contributed by atoms with E-state index in [0.717, 1.165) is 18.2 Å². The predicted molar refractivity (Wildman–Crippen MR) is 110 cm³/mol. The summed E-state index contributed by atoms with van der Waals surface area (Å²) in [7, 11) is -4.53. The molecular formula is C21H25F3N2O4S. The number of nitrogens with one attached hydrogen (secondary N) is 1. The number of urea groups is 1. The maximum absolute atomic E-state index is 13.0. The fraction of sp³-hybridized carbons (Fsp3) is 0.381. The lowest BCUT2D eigenvalue weighted by Crippen LogP contribution is -2.45. The molecule has 2 rings (SSSR count). The molecule has 0 spiro atoms. The summed E-state index contributed by atoms with van der Waals surface area (Å²) in [4.78, 5) is 13.4. The summed E-state index contributed by atoms with van der Waals surface area (Å²) in [5.41, 5.74) is -0.701. The molecule has 0 aromatic heterocycles. The van der Waals surface area contributed by atoms with Crippen LogP contribution in [0.3, 0.4) is 0 Å². The van der Waals surface area contributed by atoms with Gasteiger partial charge in [0.25, 0.3) is 0 Å². The van der Waals surface area contributed by atoms with E-state index in [2.05, 4.69) is 5.32 Å². The lowest BCUT2D eigenvalue weighted by atomic mass is 10.1. The number of carbonyl (C=O) groups excluding carboxylic acids is 1.